The van der Waals surface area contributed by atoms with Crippen molar-refractivity contribution in [2.24, 2.45) is 0 Å². The first-order valence-corrected chi connectivity index (χ1v) is 7.34. The van der Waals surface area contributed by atoms with Crippen LogP contribution in [0.1, 0.15) is 46.0 Å². The highest BCUT2D eigenvalue weighted by Gasteiger charge is 2.40. The van der Waals surface area contributed by atoms with Crippen LogP contribution < -0.4 is 0 Å². The maximum atomic E-state index is 11.6. The molecular formula is C14H24O7. The number of hydrogen-bond acceptors (Lipinski definition) is 7. The Morgan fingerprint density at radius 3 is 2.38 bits per heavy atom. The zero-order chi connectivity index (χ0) is 15.8. The monoisotopic (exact) mass is 304 g/mol. The van der Waals surface area contributed by atoms with Gasteiger partial charge in [-0.05, 0) is 12.8 Å². The van der Waals surface area contributed by atoms with Crippen molar-refractivity contribution in [1.29, 1.82) is 0 Å². The molecule has 1 aliphatic heterocycles. The third-order valence-electron chi connectivity index (χ3n) is 3.11. The molecule has 21 heavy (non-hydrogen) atoms. The zero-order valence-corrected chi connectivity index (χ0v) is 12.5. The summed E-state index contributed by atoms with van der Waals surface area (Å²) < 4.78 is 15.4. The molecule has 4 atom stereocenters. The average molecular weight is 304 g/mol. The molecule has 0 aliphatic carbocycles. The summed E-state index contributed by atoms with van der Waals surface area (Å²) in [7, 11) is 0. The lowest BCUT2D eigenvalue weighted by Crippen LogP contribution is -2.52. The first-order valence-electron chi connectivity index (χ1n) is 7.34. The lowest BCUT2D eigenvalue weighted by atomic mass is 10.0. The summed E-state index contributed by atoms with van der Waals surface area (Å²) >= 11 is 0. The summed E-state index contributed by atoms with van der Waals surface area (Å²) in [6, 6.07) is 0. The van der Waals surface area contributed by atoms with Gasteiger partial charge in [0.1, 0.15) is 12.7 Å². The van der Waals surface area contributed by atoms with Crippen molar-refractivity contribution in [1.82, 2.24) is 0 Å². The largest absolute Gasteiger partial charge is 0.463 e. The van der Waals surface area contributed by atoms with Gasteiger partial charge in [0.25, 0.3) is 0 Å². The molecule has 0 aromatic heterocycles. The van der Waals surface area contributed by atoms with Crippen LogP contribution in [0.3, 0.4) is 0 Å². The average Bonchev–Trinajstić information content (AvgIpc) is 2.40. The second kappa shape index (κ2) is 8.96. The Bertz CT molecular complexity index is 344. The van der Waals surface area contributed by atoms with E-state index >= 15 is 0 Å². The van der Waals surface area contributed by atoms with Crippen LogP contribution in [0.15, 0.2) is 0 Å². The van der Waals surface area contributed by atoms with Gasteiger partial charge in [-0.3, -0.25) is 9.59 Å². The van der Waals surface area contributed by atoms with Gasteiger partial charge in [-0.1, -0.05) is 13.8 Å². The molecule has 0 bridgehead atoms. The molecular weight excluding hydrogens is 280 g/mol. The summed E-state index contributed by atoms with van der Waals surface area (Å²) in [6.07, 6.45) is -2.30. The molecule has 2 N–H and O–H groups in total. The molecule has 0 radical (unpaired) electrons. The number of carbonyl (C=O) groups excluding carboxylic acids is 2. The minimum absolute atomic E-state index is 0.0521. The summed E-state index contributed by atoms with van der Waals surface area (Å²) in [5, 5.41) is 19.4. The third-order valence-corrected chi connectivity index (χ3v) is 3.11. The second-order valence-electron chi connectivity index (χ2n) is 5.07. The topological polar surface area (TPSA) is 102 Å². The van der Waals surface area contributed by atoms with E-state index in [0.29, 0.717) is 12.8 Å². The van der Waals surface area contributed by atoms with Crippen LogP contribution in [-0.2, 0) is 23.8 Å². The lowest BCUT2D eigenvalue weighted by molar-refractivity contribution is -0.249. The molecule has 1 fully saturated rings. The highest BCUT2D eigenvalue weighted by molar-refractivity contribution is 5.70. The Kier molecular flexibility index (Phi) is 7.63. The smallest absolute Gasteiger partial charge is 0.306 e. The molecule has 0 saturated carbocycles. The van der Waals surface area contributed by atoms with E-state index < -0.39 is 36.5 Å². The van der Waals surface area contributed by atoms with Gasteiger partial charge >= 0.3 is 11.9 Å². The van der Waals surface area contributed by atoms with Gasteiger partial charge in [0.2, 0.25) is 0 Å². The van der Waals surface area contributed by atoms with E-state index in [-0.39, 0.29) is 25.9 Å². The van der Waals surface area contributed by atoms with E-state index in [9.17, 15) is 19.8 Å². The third kappa shape index (κ3) is 5.99. The van der Waals surface area contributed by atoms with Gasteiger partial charge < -0.3 is 24.4 Å². The van der Waals surface area contributed by atoms with Crippen molar-refractivity contribution in [2.45, 2.75) is 70.6 Å². The van der Waals surface area contributed by atoms with Crippen LogP contribution >= 0.6 is 0 Å². The fraction of sp³-hybridized carbons (Fsp3) is 0.857. The van der Waals surface area contributed by atoms with Crippen LogP contribution in [-0.4, -0.2) is 53.4 Å². The summed E-state index contributed by atoms with van der Waals surface area (Å²) in [6.45, 7) is 3.51. The summed E-state index contributed by atoms with van der Waals surface area (Å²) in [4.78, 5) is 22.9. The van der Waals surface area contributed by atoms with Crippen LogP contribution in [0.5, 0.6) is 0 Å². The minimum atomic E-state index is -1.17. The normalized spacial score (nSPS) is 29.0. The van der Waals surface area contributed by atoms with E-state index in [2.05, 4.69) is 0 Å². The van der Waals surface area contributed by atoms with Crippen molar-refractivity contribution in [3.63, 3.8) is 0 Å². The molecule has 7 nitrogen and oxygen atoms in total. The fourth-order valence-corrected chi connectivity index (χ4v) is 2.08. The molecule has 7 heteroatoms. The highest BCUT2D eigenvalue weighted by atomic mass is 16.7. The number of aliphatic hydroxyl groups excluding tert-OH is 2. The number of rotatable bonds is 7. The Hall–Kier alpha value is -1.18. The molecule has 0 aromatic rings. The molecule has 1 aliphatic rings. The first-order chi connectivity index (χ1) is 9.97. The number of ether oxygens (including phenoxy) is 3. The molecule has 1 saturated heterocycles. The number of aliphatic hydroxyl groups is 2. The predicted octanol–water partition coefficient (Wildman–Crippen LogP) is 0.510. The Morgan fingerprint density at radius 2 is 1.76 bits per heavy atom. The maximum Gasteiger partial charge on any atom is 0.306 e. The molecule has 122 valence electrons. The van der Waals surface area contributed by atoms with Crippen molar-refractivity contribution in [3.05, 3.63) is 0 Å². The number of carbonyl (C=O) groups is 2. The molecule has 1 rings (SSSR count). The molecule has 0 spiro atoms. The molecule has 0 amide bonds. The summed E-state index contributed by atoms with van der Waals surface area (Å²) in [5.74, 6) is -0.847. The van der Waals surface area contributed by atoms with E-state index in [4.69, 9.17) is 14.2 Å². The van der Waals surface area contributed by atoms with E-state index in [1.54, 1.807) is 0 Å². The molecule has 1 heterocycles. The summed E-state index contributed by atoms with van der Waals surface area (Å²) in [5.41, 5.74) is 0. The number of esters is 2. The van der Waals surface area contributed by atoms with E-state index in [1.807, 2.05) is 13.8 Å². The minimum Gasteiger partial charge on any atom is -0.463 e. The Labute approximate surface area is 124 Å². The van der Waals surface area contributed by atoms with Crippen LogP contribution in [0.4, 0.5) is 0 Å². The highest BCUT2D eigenvalue weighted by Crippen LogP contribution is 2.23. The fourth-order valence-electron chi connectivity index (χ4n) is 2.08. The van der Waals surface area contributed by atoms with Crippen LogP contribution in [0.25, 0.3) is 0 Å². The Balaban J connectivity index is 2.60. The van der Waals surface area contributed by atoms with Gasteiger partial charge in [0.05, 0.1) is 6.10 Å². The standard InChI is InChI=1S/C14H24O7/c1-3-5-11(16)19-8-10-14(21-12(17)6-4-2)9(15)7-13(18)20-10/h9-10,13-15,18H,3-8H2,1-2H3/t9-,10+,13?,14+/m0/s1. The quantitative estimate of drug-likeness (QED) is 0.661. The van der Waals surface area contributed by atoms with E-state index in [1.165, 1.54) is 0 Å². The van der Waals surface area contributed by atoms with Crippen molar-refractivity contribution < 1.29 is 34.0 Å². The van der Waals surface area contributed by atoms with Gasteiger partial charge in [-0.2, -0.15) is 0 Å². The number of hydrogen-bond donors (Lipinski definition) is 2. The molecule has 0 aromatic carbocycles. The van der Waals surface area contributed by atoms with E-state index in [0.717, 1.165) is 0 Å². The van der Waals surface area contributed by atoms with Gasteiger partial charge in [0.15, 0.2) is 12.4 Å². The molecule has 1 unspecified atom stereocenters. The van der Waals surface area contributed by atoms with Crippen molar-refractivity contribution in [3.8, 4) is 0 Å². The zero-order valence-electron chi connectivity index (χ0n) is 12.5. The SMILES string of the molecule is CCCC(=O)OC[C@H]1OC(O)C[C@H](O)[C@H]1OC(=O)CCC. The van der Waals surface area contributed by atoms with Crippen LogP contribution in [0.2, 0.25) is 0 Å². The van der Waals surface area contributed by atoms with Gasteiger partial charge in [-0.15, -0.1) is 0 Å². The van der Waals surface area contributed by atoms with Crippen molar-refractivity contribution in [2.75, 3.05) is 6.61 Å². The maximum absolute atomic E-state index is 11.6. The predicted molar refractivity (Wildman–Crippen MR) is 72.2 cm³/mol. The van der Waals surface area contributed by atoms with Crippen molar-refractivity contribution >= 4 is 11.9 Å². The second-order valence-corrected chi connectivity index (χ2v) is 5.07. The van der Waals surface area contributed by atoms with Crippen LogP contribution in [0, 0.1) is 0 Å². The van der Waals surface area contributed by atoms with Gasteiger partial charge in [-0.25, -0.2) is 0 Å². The first kappa shape index (κ1) is 17.9. The lowest BCUT2D eigenvalue weighted by Gasteiger charge is -2.36. The Morgan fingerprint density at radius 1 is 1.14 bits per heavy atom. The van der Waals surface area contributed by atoms with Gasteiger partial charge in [0, 0.05) is 19.3 Å².